The molecule has 0 aliphatic carbocycles. The Bertz CT molecular complexity index is 1490. The lowest BCUT2D eigenvalue weighted by atomic mass is 9.99. The van der Waals surface area contributed by atoms with Crippen molar-refractivity contribution in [2.45, 2.75) is 32.6 Å². The van der Waals surface area contributed by atoms with Crippen molar-refractivity contribution in [1.29, 1.82) is 0 Å². The average molecular weight is 559 g/mol. The summed E-state index contributed by atoms with van der Waals surface area (Å²) in [7, 11) is 1.64. The van der Waals surface area contributed by atoms with E-state index in [4.69, 9.17) is 16.3 Å². The van der Waals surface area contributed by atoms with Crippen molar-refractivity contribution in [3.8, 4) is 28.1 Å². The van der Waals surface area contributed by atoms with E-state index in [1.54, 1.807) is 24.9 Å². The number of rotatable bonds is 6. The molecule has 2 N–H and O–H groups in total. The van der Waals surface area contributed by atoms with Gasteiger partial charge in [0.2, 0.25) is 0 Å². The summed E-state index contributed by atoms with van der Waals surface area (Å²) >= 11 is 8.17. The van der Waals surface area contributed by atoms with Crippen LogP contribution < -0.4 is 10.1 Å². The molecule has 1 aromatic heterocycles. The number of fused-ring (bicyclic) bond motifs is 1. The highest BCUT2D eigenvalue weighted by Crippen LogP contribution is 2.34. The lowest BCUT2D eigenvalue weighted by Crippen LogP contribution is -2.13. The molecular weight excluding hydrogens is 524 g/mol. The van der Waals surface area contributed by atoms with Crippen LogP contribution in [0, 0.1) is 0 Å². The molecule has 0 aliphatic rings. The van der Waals surface area contributed by atoms with E-state index in [9.17, 15) is 4.79 Å². The SMILES string of the molecule is CC.CC.COc1ccc(-c2cc(SC)ccc2C(=O)Nc2ccc(Cl)c(-c3cc4ccccc4[nH]3)c2)cc1. The molecule has 5 aromatic rings. The first kappa shape index (κ1) is 29.9. The molecule has 0 fully saturated rings. The van der Waals surface area contributed by atoms with Crippen LogP contribution in [0.25, 0.3) is 33.3 Å². The van der Waals surface area contributed by atoms with E-state index in [0.717, 1.165) is 43.9 Å². The fourth-order valence-corrected chi connectivity index (χ4v) is 4.74. The quantitative estimate of drug-likeness (QED) is 0.204. The van der Waals surface area contributed by atoms with Crippen LogP contribution in [0.15, 0.2) is 95.9 Å². The van der Waals surface area contributed by atoms with Crippen molar-refractivity contribution in [1.82, 2.24) is 4.98 Å². The molecule has 0 spiro atoms. The first-order valence-electron chi connectivity index (χ1n) is 13.1. The Balaban J connectivity index is 0.00000100. The van der Waals surface area contributed by atoms with Crippen molar-refractivity contribution in [2.75, 3.05) is 18.7 Å². The number of H-pyrrole nitrogens is 1. The second-order valence-corrected chi connectivity index (χ2v) is 9.35. The van der Waals surface area contributed by atoms with Crippen molar-refractivity contribution in [3.05, 3.63) is 102 Å². The third kappa shape index (κ3) is 7.05. The van der Waals surface area contributed by atoms with Crippen molar-refractivity contribution >= 4 is 45.9 Å². The van der Waals surface area contributed by atoms with Crippen LogP contribution in [0.1, 0.15) is 38.1 Å². The zero-order valence-corrected chi connectivity index (χ0v) is 24.8. The van der Waals surface area contributed by atoms with Crippen LogP contribution in [0.4, 0.5) is 5.69 Å². The summed E-state index contributed by atoms with van der Waals surface area (Å²) < 4.78 is 5.29. The van der Waals surface area contributed by atoms with E-state index in [1.165, 1.54) is 0 Å². The summed E-state index contributed by atoms with van der Waals surface area (Å²) in [4.78, 5) is 17.9. The minimum atomic E-state index is -0.187. The second kappa shape index (κ2) is 14.5. The molecule has 4 aromatic carbocycles. The van der Waals surface area contributed by atoms with Gasteiger partial charge in [0, 0.05) is 38.3 Å². The van der Waals surface area contributed by atoms with Crippen LogP contribution in [0.5, 0.6) is 5.75 Å². The first-order chi connectivity index (χ1) is 19.1. The van der Waals surface area contributed by atoms with Gasteiger partial charge in [-0.3, -0.25) is 4.79 Å². The van der Waals surface area contributed by atoms with Gasteiger partial charge < -0.3 is 15.0 Å². The van der Waals surface area contributed by atoms with Crippen LogP contribution in [-0.4, -0.2) is 24.3 Å². The smallest absolute Gasteiger partial charge is 0.256 e. The molecule has 4 nitrogen and oxygen atoms in total. The van der Waals surface area contributed by atoms with Gasteiger partial charge in [0.05, 0.1) is 12.1 Å². The number of aromatic amines is 1. The Kier molecular flexibility index (Phi) is 11.1. The monoisotopic (exact) mass is 558 g/mol. The number of hydrogen-bond acceptors (Lipinski definition) is 3. The number of methoxy groups -OCH3 is 1. The van der Waals surface area contributed by atoms with Crippen molar-refractivity contribution < 1.29 is 9.53 Å². The highest BCUT2D eigenvalue weighted by Gasteiger charge is 2.16. The molecule has 0 atom stereocenters. The van der Waals surface area contributed by atoms with E-state index < -0.39 is 0 Å². The lowest BCUT2D eigenvalue weighted by Gasteiger charge is -2.13. The number of halogens is 1. The third-order valence-corrected chi connectivity index (χ3v) is 6.97. The summed E-state index contributed by atoms with van der Waals surface area (Å²) in [6.45, 7) is 8.00. The lowest BCUT2D eigenvalue weighted by molar-refractivity contribution is 0.102. The molecule has 1 heterocycles. The number of amides is 1. The fraction of sp³-hybridized carbons (Fsp3) is 0.182. The van der Waals surface area contributed by atoms with E-state index >= 15 is 0 Å². The topological polar surface area (TPSA) is 54.1 Å². The van der Waals surface area contributed by atoms with Gasteiger partial charge in [-0.1, -0.05) is 69.6 Å². The zero-order valence-electron chi connectivity index (χ0n) is 23.3. The van der Waals surface area contributed by atoms with E-state index in [1.807, 2.05) is 113 Å². The molecule has 0 unspecified atom stereocenters. The summed E-state index contributed by atoms with van der Waals surface area (Å²) in [5.41, 5.74) is 5.83. The van der Waals surface area contributed by atoms with Crippen LogP contribution in [0.2, 0.25) is 5.02 Å². The molecule has 0 radical (unpaired) electrons. The van der Waals surface area contributed by atoms with Gasteiger partial charge in [-0.2, -0.15) is 0 Å². The van der Waals surface area contributed by atoms with Gasteiger partial charge in [0.15, 0.2) is 0 Å². The molecule has 39 heavy (non-hydrogen) atoms. The molecule has 202 valence electrons. The van der Waals surface area contributed by atoms with E-state index in [-0.39, 0.29) is 5.91 Å². The zero-order chi connectivity index (χ0) is 28.4. The Morgan fingerprint density at radius 2 is 1.56 bits per heavy atom. The molecule has 5 rings (SSSR count). The number of hydrogen-bond donors (Lipinski definition) is 2. The minimum absolute atomic E-state index is 0.187. The molecular formula is C33H35ClN2O2S. The molecule has 0 saturated heterocycles. The fourth-order valence-electron chi connectivity index (χ4n) is 4.08. The first-order valence-corrected chi connectivity index (χ1v) is 14.7. The highest BCUT2D eigenvalue weighted by molar-refractivity contribution is 7.98. The standard InChI is InChI=1S/C29H23ClN2O2S.2C2H6/c1-34-21-10-7-18(8-11-21)24-17-22(35-2)12-13-23(24)29(33)31-20-9-14-26(30)25(16-20)28-15-19-5-3-4-6-27(19)32-28;2*1-2/h3-17,32H,1-2H3,(H,31,33);2*1-2H3. The van der Waals surface area contributed by atoms with Gasteiger partial charge in [-0.15, -0.1) is 11.8 Å². The van der Waals surface area contributed by atoms with Gasteiger partial charge in [0.25, 0.3) is 5.91 Å². The van der Waals surface area contributed by atoms with E-state index in [0.29, 0.717) is 16.3 Å². The number of carbonyl (C=O) groups excluding carboxylic acids is 1. The molecule has 6 heteroatoms. The molecule has 1 amide bonds. The van der Waals surface area contributed by atoms with Crippen LogP contribution in [-0.2, 0) is 0 Å². The number of ether oxygens (including phenoxy) is 1. The van der Waals surface area contributed by atoms with Crippen molar-refractivity contribution in [2.24, 2.45) is 0 Å². The Morgan fingerprint density at radius 3 is 2.23 bits per heavy atom. The van der Waals surface area contributed by atoms with Gasteiger partial charge in [-0.05, 0) is 78.0 Å². The number of thioether (sulfide) groups is 1. The summed E-state index contributed by atoms with van der Waals surface area (Å²) in [6, 6.07) is 29.2. The van der Waals surface area contributed by atoms with Crippen LogP contribution in [0.3, 0.4) is 0 Å². The normalized spacial score (nSPS) is 10.1. The number of aromatic nitrogens is 1. The maximum atomic E-state index is 13.4. The minimum Gasteiger partial charge on any atom is -0.497 e. The Labute approximate surface area is 240 Å². The average Bonchev–Trinajstić information content (AvgIpc) is 3.44. The van der Waals surface area contributed by atoms with E-state index in [2.05, 4.69) is 16.4 Å². The number of nitrogens with one attached hydrogen (secondary N) is 2. The molecule has 0 saturated carbocycles. The van der Waals surface area contributed by atoms with Gasteiger partial charge in [-0.25, -0.2) is 0 Å². The number of carbonyl (C=O) groups is 1. The van der Waals surface area contributed by atoms with Crippen molar-refractivity contribution in [3.63, 3.8) is 0 Å². The summed E-state index contributed by atoms with van der Waals surface area (Å²) in [5, 5.41) is 4.77. The molecule has 0 aliphatic heterocycles. The largest absolute Gasteiger partial charge is 0.497 e. The predicted octanol–water partition coefficient (Wildman–Crippen LogP) is 10.2. The molecule has 0 bridgehead atoms. The third-order valence-electron chi connectivity index (χ3n) is 5.92. The number of para-hydroxylation sites is 1. The predicted molar refractivity (Wildman–Crippen MR) is 170 cm³/mol. The highest BCUT2D eigenvalue weighted by atomic mass is 35.5. The van der Waals surface area contributed by atoms with Gasteiger partial charge >= 0.3 is 0 Å². The van der Waals surface area contributed by atoms with Crippen LogP contribution >= 0.6 is 23.4 Å². The summed E-state index contributed by atoms with van der Waals surface area (Å²) in [5.74, 6) is 0.583. The summed E-state index contributed by atoms with van der Waals surface area (Å²) in [6.07, 6.45) is 2.02. The number of benzene rings is 4. The maximum Gasteiger partial charge on any atom is 0.256 e. The van der Waals surface area contributed by atoms with Gasteiger partial charge in [0.1, 0.15) is 5.75 Å². The Hall–Kier alpha value is -3.67. The Morgan fingerprint density at radius 1 is 0.846 bits per heavy atom. The second-order valence-electron chi connectivity index (χ2n) is 8.06. The number of anilines is 1. The maximum absolute atomic E-state index is 13.4.